The van der Waals surface area contributed by atoms with Crippen molar-refractivity contribution in [2.24, 2.45) is 0 Å². The number of unbranched alkanes of at least 4 members (excludes halogenated alkanes) is 19. The highest BCUT2D eigenvalue weighted by molar-refractivity contribution is 5.71. The van der Waals surface area contributed by atoms with Gasteiger partial charge in [0.1, 0.15) is 13.2 Å². The fourth-order valence-corrected chi connectivity index (χ4v) is 6.70. The number of carbonyl (C=O) groups is 3. The molecule has 1 atom stereocenters. The Morgan fingerprint density at radius 3 is 1.10 bits per heavy atom. The molecule has 0 heterocycles. The van der Waals surface area contributed by atoms with Gasteiger partial charge in [-0.2, -0.15) is 0 Å². The van der Waals surface area contributed by atoms with Crippen LogP contribution in [0.1, 0.15) is 226 Å². The second kappa shape index (κ2) is 49.2. The average Bonchev–Trinajstić information content (AvgIpc) is 3.26. The van der Waals surface area contributed by atoms with E-state index in [1.54, 1.807) is 0 Å². The molecular weight excluding hydrogens is 757 g/mol. The first-order chi connectivity index (χ1) is 30.0. The molecule has 0 radical (unpaired) electrons. The van der Waals surface area contributed by atoms with Gasteiger partial charge in [-0.1, -0.05) is 215 Å². The second-order valence-corrected chi connectivity index (χ2v) is 16.3. The second-order valence-electron chi connectivity index (χ2n) is 16.3. The molecule has 6 heteroatoms. The molecule has 0 amide bonds. The van der Waals surface area contributed by atoms with Crippen molar-refractivity contribution in [3.63, 3.8) is 0 Å². The van der Waals surface area contributed by atoms with E-state index in [9.17, 15) is 14.4 Å². The molecule has 0 fully saturated rings. The van der Waals surface area contributed by atoms with Crippen molar-refractivity contribution in [1.29, 1.82) is 0 Å². The fourth-order valence-electron chi connectivity index (χ4n) is 6.70. The highest BCUT2D eigenvalue weighted by Crippen LogP contribution is 2.15. The first-order valence-electron chi connectivity index (χ1n) is 25.1. The van der Waals surface area contributed by atoms with Crippen LogP contribution in [0.4, 0.5) is 0 Å². The molecule has 0 N–H and O–H groups in total. The zero-order valence-electron chi connectivity index (χ0n) is 39.7. The molecule has 0 bridgehead atoms. The summed E-state index contributed by atoms with van der Waals surface area (Å²) in [6.07, 6.45) is 62.9. The monoisotopic (exact) mass is 849 g/mol. The van der Waals surface area contributed by atoms with Gasteiger partial charge >= 0.3 is 17.9 Å². The molecule has 0 aromatic heterocycles. The Bertz CT molecular complexity index is 1200. The molecule has 0 aliphatic heterocycles. The molecule has 0 aromatic carbocycles. The van der Waals surface area contributed by atoms with Crippen molar-refractivity contribution in [3.8, 4) is 0 Å². The smallest absolute Gasteiger partial charge is 0.306 e. The standard InChI is InChI=1S/C55H92O6/c1-4-7-10-13-16-19-22-25-27-29-30-33-36-39-42-45-48-54(57)60-51-52(50-59-53(56)47-44-41-38-35-32-24-21-18-15-12-9-6-3)61-55(58)49-46-43-40-37-34-31-28-26-23-20-17-14-11-8-5-2/h7,9-10,12,16,18-19,21,25,27,30,33,39,42,52H,4-6,8,11,13-15,17,20,22-24,26,28-29,31-32,34-38,40-41,43-51H2,1-3H3/b10-7-,12-9-,19-16-,21-18-,27-25-,33-30-,42-39-. The molecule has 0 saturated heterocycles. The van der Waals surface area contributed by atoms with Crippen molar-refractivity contribution in [2.75, 3.05) is 13.2 Å². The van der Waals surface area contributed by atoms with Crippen molar-refractivity contribution in [1.82, 2.24) is 0 Å². The lowest BCUT2D eigenvalue weighted by atomic mass is 10.0. The lowest BCUT2D eigenvalue weighted by Crippen LogP contribution is -2.30. The average molecular weight is 849 g/mol. The van der Waals surface area contributed by atoms with Crippen molar-refractivity contribution in [2.45, 2.75) is 232 Å². The molecule has 0 aliphatic rings. The van der Waals surface area contributed by atoms with E-state index in [0.29, 0.717) is 19.3 Å². The van der Waals surface area contributed by atoms with E-state index in [2.05, 4.69) is 93.7 Å². The number of allylic oxidation sites excluding steroid dienone is 14. The van der Waals surface area contributed by atoms with E-state index in [1.807, 2.05) is 12.2 Å². The summed E-state index contributed by atoms with van der Waals surface area (Å²) < 4.78 is 16.7. The van der Waals surface area contributed by atoms with Crippen LogP contribution in [-0.4, -0.2) is 37.2 Å². The van der Waals surface area contributed by atoms with Gasteiger partial charge in [0.2, 0.25) is 0 Å². The van der Waals surface area contributed by atoms with Crippen molar-refractivity contribution < 1.29 is 28.6 Å². The zero-order valence-corrected chi connectivity index (χ0v) is 39.7. The van der Waals surface area contributed by atoms with Gasteiger partial charge in [-0.05, 0) is 77.0 Å². The molecular formula is C55H92O6. The summed E-state index contributed by atoms with van der Waals surface area (Å²) in [5.41, 5.74) is 0. The minimum atomic E-state index is -0.809. The topological polar surface area (TPSA) is 78.9 Å². The van der Waals surface area contributed by atoms with E-state index >= 15 is 0 Å². The molecule has 1 unspecified atom stereocenters. The Hall–Kier alpha value is -3.41. The van der Waals surface area contributed by atoms with Crippen molar-refractivity contribution in [3.05, 3.63) is 85.1 Å². The highest BCUT2D eigenvalue weighted by atomic mass is 16.6. The zero-order chi connectivity index (χ0) is 44.4. The Kier molecular flexibility index (Phi) is 46.5. The highest BCUT2D eigenvalue weighted by Gasteiger charge is 2.19. The summed E-state index contributed by atoms with van der Waals surface area (Å²) in [4.78, 5) is 37.9. The van der Waals surface area contributed by atoms with Crippen LogP contribution in [0, 0.1) is 0 Å². The van der Waals surface area contributed by atoms with E-state index in [1.165, 1.54) is 77.0 Å². The molecule has 61 heavy (non-hydrogen) atoms. The molecule has 0 saturated carbocycles. The molecule has 0 aromatic rings. The summed E-state index contributed by atoms with van der Waals surface area (Å²) >= 11 is 0. The van der Waals surface area contributed by atoms with E-state index in [0.717, 1.165) is 103 Å². The van der Waals surface area contributed by atoms with Crippen LogP contribution in [0.25, 0.3) is 0 Å². The van der Waals surface area contributed by atoms with Gasteiger partial charge in [0.05, 0.1) is 0 Å². The summed E-state index contributed by atoms with van der Waals surface area (Å²) in [5, 5.41) is 0. The summed E-state index contributed by atoms with van der Waals surface area (Å²) in [6.45, 7) is 6.33. The summed E-state index contributed by atoms with van der Waals surface area (Å²) in [7, 11) is 0. The van der Waals surface area contributed by atoms with Gasteiger partial charge in [0.25, 0.3) is 0 Å². The number of esters is 3. The largest absolute Gasteiger partial charge is 0.462 e. The first-order valence-corrected chi connectivity index (χ1v) is 25.1. The Morgan fingerprint density at radius 1 is 0.344 bits per heavy atom. The van der Waals surface area contributed by atoms with Crippen LogP contribution in [0.2, 0.25) is 0 Å². The van der Waals surface area contributed by atoms with E-state index in [-0.39, 0.29) is 37.5 Å². The normalized spacial score (nSPS) is 12.8. The number of hydrogen-bond donors (Lipinski definition) is 0. The number of carbonyl (C=O) groups excluding carboxylic acids is 3. The minimum Gasteiger partial charge on any atom is -0.462 e. The predicted octanol–water partition coefficient (Wildman–Crippen LogP) is 16.4. The van der Waals surface area contributed by atoms with E-state index in [4.69, 9.17) is 14.2 Å². The Balaban J connectivity index is 4.49. The number of rotatable bonds is 44. The van der Waals surface area contributed by atoms with Gasteiger partial charge in [-0.3, -0.25) is 14.4 Å². The van der Waals surface area contributed by atoms with Gasteiger partial charge in [0, 0.05) is 19.3 Å². The van der Waals surface area contributed by atoms with Crippen LogP contribution >= 0.6 is 0 Å². The number of ether oxygens (including phenoxy) is 3. The SMILES string of the molecule is CC/C=C\C/C=C\C/C=C\C/C=C\C/C=C\CCC(=O)OCC(COC(=O)CCCCCCC/C=C\C/C=C\CC)OC(=O)CCCCCCCCCCCCCCCCC. The quantitative estimate of drug-likeness (QED) is 0.0263. The Morgan fingerprint density at radius 2 is 0.672 bits per heavy atom. The van der Waals surface area contributed by atoms with Gasteiger partial charge < -0.3 is 14.2 Å². The molecule has 0 rings (SSSR count). The van der Waals surface area contributed by atoms with Crippen LogP contribution in [-0.2, 0) is 28.6 Å². The van der Waals surface area contributed by atoms with E-state index < -0.39 is 6.10 Å². The van der Waals surface area contributed by atoms with Gasteiger partial charge in [-0.25, -0.2) is 0 Å². The van der Waals surface area contributed by atoms with Gasteiger partial charge in [-0.15, -0.1) is 0 Å². The maximum absolute atomic E-state index is 12.8. The van der Waals surface area contributed by atoms with Crippen molar-refractivity contribution >= 4 is 17.9 Å². The fraction of sp³-hybridized carbons (Fsp3) is 0.691. The third-order valence-corrected chi connectivity index (χ3v) is 10.4. The van der Waals surface area contributed by atoms with Crippen LogP contribution < -0.4 is 0 Å². The third kappa shape index (κ3) is 47.5. The van der Waals surface area contributed by atoms with Crippen LogP contribution in [0.3, 0.4) is 0 Å². The first kappa shape index (κ1) is 57.6. The van der Waals surface area contributed by atoms with Crippen LogP contribution in [0.5, 0.6) is 0 Å². The minimum absolute atomic E-state index is 0.106. The van der Waals surface area contributed by atoms with Gasteiger partial charge in [0.15, 0.2) is 6.10 Å². The molecule has 0 spiro atoms. The number of hydrogen-bond acceptors (Lipinski definition) is 6. The summed E-state index contributed by atoms with van der Waals surface area (Å²) in [6, 6.07) is 0. The lowest BCUT2D eigenvalue weighted by molar-refractivity contribution is -0.166. The third-order valence-electron chi connectivity index (χ3n) is 10.4. The maximum atomic E-state index is 12.8. The Labute approximate surface area is 375 Å². The molecule has 0 aliphatic carbocycles. The predicted molar refractivity (Wildman–Crippen MR) is 261 cm³/mol. The molecule has 348 valence electrons. The molecule has 6 nitrogen and oxygen atoms in total. The maximum Gasteiger partial charge on any atom is 0.306 e. The van der Waals surface area contributed by atoms with Crippen LogP contribution in [0.15, 0.2) is 85.1 Å². The summed E-state index contributed by atoms with van der Waals surface area (Å²) in [5.74, 6) is -1.01. The lowest BCUT2D eigenvalue weighted by Gasteiger charge is -2.18.